The van der Waals surface area contributed by atoms with Crippen LogP contribution in [0.4, 0.5) is 11.8 Å². The monoisotopic (exact) mass is 263 g/mol. The maximum absolute atomic E-state index is 4.61. The average Bonchev–Trinajstić information content (AvgIpc) is 2.46. The van der Waals surface area contributed by atoms with Crippen LogP contribution < -0.4 is 15.1 Å². The van der Waals surface area contributed by atoms with Crippen LogP contribution in [-0.2, 0) is 0 Å². The van der Waals surface area contributed by atoms with E-state index in [2.05, 4.69) is 34.3 Å². The van der Waals surface area contributed by atoms with Crippen molar-refractivity contribution in [2.75, 3.05) is 38.0 Å². The third-order valence-electron chi connectivity index (χ3n) is 4.04. The number of aromatic nitrogens is 2. The van der Waals surface area contributed by atoms with Crippen LogP contribution in [0.25, 0.3) is 0 Å². The van der Waals surface area contributed by atoms with E-state index < -0.39 is 0 Å². The van der Waals surface area contributed by atoms with Crippen LogP contribution in [0, 0.1) is 0 Å². The highest BCUT2D eigenvalue weighted by atomic mass is 15.3. The van der Waals surface area contributed by atoms with Gasteiger partial charge in [-0.15, -0.1) is 0 Å². The maximum atomic E-state index is 4.61. The lowest BCUT2D eigenvalue weighted by atomic mass is 9.90. The van der Waals surface area contributed by atoms with Crippen molar-refractivity contribution >= 4 is 11.8 Å². The van der Waals surface area contributed by atoms with Crippen molar-refractivity contribution in [3.05, 3.63) is 12.3 Å². The van der Waals surface area contributed by atoms with E-state index in [4.69, 9.17) is 0 Å². The van der Waals surface area contributed by atoms with Crippen LogP contribution in [0.15, 0.2) is 12.3 Å². The number of nitrogens with one attached hydrogen (secondary N) is 1. The zero-order valence-electron chi connectivity index (χ0n) is 12.4. The molecule has 2 rings (SSSR count). The van der Waals surface area contributed by atoms with Gasteiger partial charge in [-0.25, -0.2) is 4.98 Å². The normalized spacial score (nSPS) is 23.2. The lowest BCUT2D eigenvalue weighted by Crippen LogP contribution is -2.40. The van der Waals surface area contributed by atoms with E-state index in [-0.39, 0.29) is 0 Å². The van der Waals surface area contributed by atoms with Gasteiger partial charge in [0.05, 0.1) is 0 Å². The Labute approximate surface area is 116 Å². The molecule has 5 nitrogen and oxygen atoms in total. The van der Waals surface area contributed by atoms with Crippen molar-refractivity contribution in [1.82, 2.24) is 15.3 Å². The van der Waals surface area contributed by atoms with E-state index >= 15 is 0 Å². The predicted molar refractivity (Wildman–Crippen MR) is 79.9 cm³/mol. The lowest BCUT2D eigenvalue weighted by molar-refractivity contribution is 0.350. The van der Waals surface area contributed by atoms with Gasteiger partial charge in [-0.1, -0.05) is 0 Å². The summed E-state index contributed by atoms with van der Waals surface area (Å²) in [5.41, 5.74) is 0. The van der Waals surface area contributed by atoms with Gasteiger partial charge in [-0.2, -0.15) is 4.98 Å². The Morgan fingerprint density at radius 1 is 1.16 bits per heavy atom. The zero-order chi connectivity index (χ0) is 13.8. The van der Waals surface area contributed by atoms with Crippen molar-refractivity contribution in [2.45, 2.75) is 37.8 Å². The van der Waals surface area contributed by atoms with E-state index in [9.17, 15) is 0 Å². The highest BCUT2D eigenvalue weighted by molar-refractivity contribution is 5.43. The fraction of sp³-hybridized carbons (Fsp3) is 0.714. The molecule has 1 fully saturated rings. The number of hydrogen-bond donors (Lipinski definition) is 1. The first-order valence-electron chi connectivity index (χ1n) is 7.02. The van der Waals surface area contributed by atoms with Crippen LogP contribution in [0.1, 0.15) is 25.7 Å². The number of nitrogens with zero attached hydrogens (tertiary/aromatic N) is 4. The smallest absolute Gasteiger partial charge is 0.226 e. The topological polar surface area (TPSA) is 44.3 Å². The SMILES string of the molecule is CNC1CCC(N(C)c2ccnc(N(C)C)n2)CC1. The van der Waals surface area contributed by atoms with E-state index in [1.54, 1.807) is 0 Å². The van der Waals surface area contributed by atoms with E-state index in [0.717, 1.165) is 11.8 Å². The third kappa shape index (κ3) is 3.35. The molecule has 0 amide bonds. The van der Waals surface area contributed by atoms with Gasteiger partial charge >= 0.3 is 0 Å². The summed E-state index contributed by atoms with van der Waals surface area (Å²) in [6.45, 7) is 0. The lowest BCUT2D eigenvalue weighted by Gasteiger charge is -2.35. The van der Waals surface area contributed by atoms with Crippen LogP contribution in [-0.4, -0.2) is 50.2 Å². The Kier molecular flexibility index (Phi) is 4.58. The van der Waals surface area contributed by atoms with Gasteiger partial charge < -0.3 is 15.1 Å². The van der Waals surface area contributed by atoms with Gasteiger partial charge in [0.2, 0.25) is 5.95 Å². The molecule has 19 heavy (non-hydrogen) atoms. The second-order valence-electron chi connectivity index (χ2n) is 5.51. The second kappa shape index (κ2) is 6.19. The molecule has 0 atom stereocenters. The van der Waals surface area contributed by atoms with Crippen LogP contribution in [0.3, 0.4) is 0 Å². The molecule has 0 unspecified atom stereocenters. The third-order valence-corrected chi connectivity index (χ3v) is 4.04. The van der Waals surface area contributed by atoms with Crippen LogP contribution in [0.5, 0.6) is 0 Å². The van der Waals surface area contributed by atoms with Gasteiger partial charge in [0.15, 0.2) is 0 Å². The second-order valence-corrected chi connectivity index (χ2v) is 5.51. The standard InChI is InChI=1S/C14H25N5/c1-15-11-5-7-12(8-6-11)19(4)13-9-10-16-14(17-13)18(2)3/h9-12,15H,5-8H2,1-4H3. The van der Waals surface area contributed by atoms with Crippen molar-refractivity contribution in [3.63, 3.8) is 0 Å². The molecule has 1 aromatic rings. The molecule has 0 spiro atoms. The highest BCUT2D eigenvalue weighted by Crippen LogP contribution is 2.25. The fourth-order valence-corrected chi connectivity index (χ4v) is 2.69. The molecule has 1 aromatic heterocycles. The molecule has 1 N–H and O–H groups in total. The summed E-state index contributed by atoms with van der Waals surface area (Å²) in [5.74, 6) is 1.79. The van der Waals surface area contributed by atoms with Gasteiger partial charge in [-0.05, 0) is 38.8 Å². The molecular formula is C14H25N5. The quantitative estimate of drug-likeness (QED) is 0.892. The number of rotatable bonds is 4. The van der Waals surface area contributed by atoms with E-state index in [0.29, 0.717) is 12.1 Å². The number of anilines is 2. The zero-order valence-corrected chi connectivity index (χ0v) is 12.4. The van der Waals surface area contributed by atoms with E-state index in [1.165, 1.54) is 25.7 Å². The van der Waals surface area contributed by atoms with Crippen molar-refractivity contribution in [1.29, 1.82) is 0 Å². The predicted octanol–water partition coefficient (Wildman–Crippen LogP) is 1.51. The van der Waals surface area contributed by atoms with Crippen molar-refractivity contribution < 1.29 is 0 Å². The van der Waals surface area contributed by atoms with Gasteiger partial charge in [0, 0.05) is 39.4 Å². The largest absolute Gasteiger partial charge is 0.357 e. The molecule has 0 bridgehead atoms. The summed E-state index contributed by atoms with van der Waals surface area (Å²) in [7, 11) is 8.14. The highest BCUT2D eigenvalue weighted by Gasteiger charge is 2.24. The molecule has 1 aliphatic rings. The summed E-state index contributed by atoms with van der Waals surface area (Å²) in [5, 5.41) is 3.38. The minimum absolute atomic E-state index is 0.592. The Bertz CT molecular complexity index is 399. The van der Waals surface area contributed by atoms with E-state index in [1.807, 2.05) is 31.3 Å². The van der Waals surface area contributed by atoms with Gasteiger partial charge in [-0.3, -0.25) is 0 Å². The summed E-state index contributed by atoms with van der Waals surface area (Å²) in [4.78, 5) is 13.1. The minimum atomic E-state index is 0.592. The van der Waals surface area contributed by atoms with Gasteiger partial charge in [0.1, 0.15) is 5.82 Å². The summed E-state index contributed by atoms with van der Waals surface area (Å²) < 4.78 is 0. The molecular weight excluding hydrogens is 238 g/mol. The summed E-state index contributed by atoms with van der Waals surface area (Å²) in [6, 6.07) is 3.28. The summed E-state index contributed by atoms with van der Waals surface area (Å²) >= 11 is 0. The molecule has 106 valence electrons. The van der Waals surface area contributed by atoms with Crippen LogP contribution >= 0.6 is 0 Å². The van der Waals surface area contributed by atoms with Crippen LogP contribution in [0.2, 0.25) is 0 Å². The van der Waals surface area contributed by atoms with Gasteiger partial charge in [0.25, 0.3) is 0 Å². The fourth-order valence-electron chi connectivity index (χ4n) is 2.69. The first-order valence-corrected chi connectivity index (χ1v) is 7.02. The molecule has 5 heteroatoms. The molecule has 0 aliphatic heterocycles. The molecule has 0 radical (unpaired) electrons. The Hall–Kier alpha value is -1.36. The minimum Gasteiger partial charge on any atom is -0.357 e. The first-order chi connectivity index (χ1) is 9.11. The molecule has 0 aromatic carbocycles. The molecule has 1 aliphatic carbocycles. The average molecular weight is 263 g/mol. The molecule has 1 heterocycles. The molecule has 1 saturated carbocycles. The Morgan fingerprint density at radius 3 is 2.42 bits per heavy atom. The molecule has 0 saturated heterocycles. The Morgan fingerprint density at radius 2 is 1.84 bits per heavy atom. The Balaban J connectivity index is 2.03. The van der Waals surface area contributed by atoms with Crippen molar-refractivity contribution in [3.8, 4) is 0 Å². The first kappa shape index (κ1) is 14.1. The maximum Gasteiger partial charge on any atom is 0.226 e. The summed E-state index contributed by atoms with van der Waals surface area (Å²) in [6.07, 6.45) is 6.79. The van der Waals surface area contributed by atoms with Crippen molar-refractivity contribution in [2.24, 2.45) is 0 Å². The number of hydrogen-bond acceptors (Lipinski definition) is 5.